The van der Waals surface area contributed by atoms with Gasteiger partial charge >= 0.3 is 0 Å². The number of nitrogens with zero attached hydrogens (tertiary/aromatic N) is 1. The van der Waals surface area contributed by atoms with Crippen LogP contribution in [0.15, 0.2) is 0 Å². The van der Waals surface area contributed by atoms with Gasteiger partial charge in [-0.1, -0.05) is 28.8 Å². The topological polar surface area (TPSA) is 20.3 Å². The zero-order valence-corrected chi connectivity index (χ0v) is 10.1. The number of rotatable bonds is 2. The number of likely N-dealkylation sites (tertiary alicyclic amines) is 1. The van der Waals surface area contributed by atoms with Gasteiger partial charge in [-0.2, -0.15) is 0 Å². The zero-order valence-electron chi connectivity index (χ0n) is 8.54. The second-order valence-electron chi connectivity index (χ2n) is 4.46. The summed E-state index contributed by atoms with van der Waals surface area (Å²) in [5, 5.41) is 0.950. The van der Waals surface area contributed by atoms with E-state index in [-0.39, 0.29) is 0 Å². The molecule has 0 N–H and O–H groups in total. The number of alkyl halides is 1. The second-order valence-corrected chi connectivity index (χ2v) is 5.11. The third kappa shape index (κ3) is 2.30. The molecule has 1 saturated carbocycles. The van der Waals surface area contributed by atoms with Gasteiger partial charge in [0.2, 0.25) is 5.91 Å². The Balaban J connectivity index is 1.99. The molecule has 1 amide bonds. The number of carbonyl (C=O) groups is 1. The summed E-state index contributed by atoms with van der Waals surface area (Å²) in [6, 6.07) is 0.464. The van der Waals surface area contributed by atoms with Gasteiger partial charge in [-0.25, -0.2) is 0 Å². The van der Waals surface area contributed by atoms with Crippen LogP contribution in [0.3, 0.4) is 0 Å². The van der Waals surface area contributed by atoms with Crippen molar-refractivity contribution in [2.75, 3.05) is 11.9 Å². The Hall–Kier alpha value is -0.0500. The molecule has 14 heavy (non-hydrogen) atoms. The van der Waals surface area contributed by atoms with Crippen LogP contribution in [0, 0.1) is 5.92 Å². The summed E-state index contributed by atoms with van der Waals surface area (Å²) in [5.74, 6) is 0.811. The third-order valence-corrected chi connectivity index (χ3v) is 4.01. The summed E-state index contributed by atoms with van der Waals surface area (Å²) >= 11 is 3.53. The van der Waals surface area contributed by atoms with Crippen LogP contribution in [0.2, 0.25) is 0 Å². The van der Waals surface area contributed by atoms with E-state index in [9.17, 15) is 4.79 Å². The molecule has 0 aromatic rings. The molecule has 0 radical (unpaired) electrons. The van der Waals surface area contributed by atoms with Crippen LogP contribution in [-0.4, -0.2) is 28.7 Å². The SMILES string of the molecule is O=C(C1CC1)N1CCCCCC1CBr. The standard InChI is InChI=1S/C11H18BrNO/c12-8-10-4-2-1-3-7-13(10)11(14)9-5-6-9/h9-10H,1-8H2. The van der Waals surface area contributed by atoms with Crippen LogP contribution in [-0.2, 0) is 4.79 Å². The van der Waals surface area contributed by atoms with Gasteiger partial charge in [0.1, 0.15) is 0 Å². The number of halogens is 1. The maximum Gasteiger partial charge on any atom is 0.225 e. The molecule has 2 aliphatic rings. The number of hydrogen-bond donors (Lipinski definition) is 0. The van der Waals surface area contributed by atoms with Gasteiger partial charge in [0, 0.05) is 23.8 Å². The highest BCUT2D eigenvalue weighted by Crippen LogP contribution is 2.33. The van der Waals surface area contributed by atoms with E-state index in [0.717, 1.165) is 24.7 Å². The first-order chi connectivity index (χ1) is 6.83. The predicted molar refractivity (Wildman–Crippen MR) is 60.5 cm³/mol. The summed E-state index contributed by atoms with van der Waals surface area (Å²) in [4.78, 5) is 14.1. The molecule has 0 aromatic carbocycles. The van der Waals surface area contributed by atoms with Gasteiger partial charge < -0.3 is 4.90 Å². The molecule has 2 nitrogen and oxygen atoms in total. The first-order valence-corrected chi connectivity index (χ1v) is 6.81. The van der Waals surface area contributed by atoms with Gasteiger partial charge in [0.25, 0.3) is 0 Å². The zero-order chi connectivity index (χ0) is 9.97. The minimum atomic E-state index is 0.384. The largest absolute Gasteiger partial charge is 0.339 e. The van der Waals surface area contributed by atoms with E-state index in [0.29, 0.717) is 17.9 Å². The lowest BCUT2D eigenvalue weighted by molar-refractivity contribution is -0.134. The highest BCUT2D eigenvalue weighted by Gasteiger charge is 2.36. The molecule has 1 aliphatic heterocycles. The van der Waals surface area contributed by atoms with Crippen LogP contribution in [0.5, 0.6) is 0 Å². The number of hydrogen-bond acceptors (Lipinski definition) is 1. The van der Waals surface area contributed by atoms with Crippen LogP contribution in [0.25, 0.3) is 0 Å². The van der Waals surface area contributed by atoms with Crippen molar-refractivity contribution in [2.45, 2.75) is 44.6 Å². The Kier molecular flexibility index (Phi) is 3.47. The van der Waals surface area contributed by atoms with Gasteiger partial charge in [-0.05, 0) is 25.7 Å². The normalized spacial score (nSPS) is 28.6. The molecule has 1 unspecified atom stereocenters. The van der Waals surface area contributed by atoms with Crippen molar-refractivity contribution >= 4 is 21.8 Å². The first kappa shape index (κ1) is 10.5. The molecule has 3 heteroatoms. The molecule has 1 saturated heterocycles. The Morgan fingerprint density at radius 2 is 2.00 bits per heavy atom. The number of carbonyl (C=O) groups excluding carboxylic acids is 1. The van der Waals surface area contributed by atoms with Crippen LogP contribution >= 0.6 is 15.9 Å². The predicted octanol–water partition coefficient (Wildman–Crippen LogP) is 2.56. The fourth-order valence-electron chi connectivity index (χ4n) is 2.19. The lowest BCUT2D eigenvalue weighted by Gasteiger charge is -2.28. The molecular formula is C11H18BrNO. The minimum Gasteiger partial charge on any atom is -0.339 e. The van der Waals surface area contributed by atoms with E-state index < -0.39 is 0 Å². The second kappa shape index (κ2) is 4.65. The fraction of sp³-hybridized carbons (Fsp3) is 0.909. The molecular weight excluding hydrogens is 242 g/mol. The highest BCUT2D eigenvalue weighted by atomic mass is 79.9. The molecule has 0 aromatic heterocycles. The van der Waals surface area contributed by atoms with Crippen molar-refractivity contribution in [1.82, 2.24) is 4.90 Å². The van der Waals surface area contributed by atoms with Crippen LogP contribution < -0.4 is 0 Å². The average Bonchev–Trinajstić information content (AvgIpc) is 3.03. The van der Waals surface area contributed by atoms with E-state index >= 15 is 0 Å². The summed E-state index contributed by atoms with van der Waals surface area (Å²) < 4.78 is 0. The molecule has 2 rings (SSSR count). The monoisotopic (exact) mass is 259 g/mol. The van der Waals surface area contributed by atoms with Crippen LogP contribution in [0.4, 0.5) is 0 Å². The average molecular weight is 260 g/mol. The molecule has 0 spiro atoms. The van der Waals surface area contributed by atoms with E-state index in [1.54, 1.807) is 0 Å². The highest BCUT2D eigenvalue weighted by molar-refractivity contribution is 9.09. The van der Waals surface area contributed by atoms with Crippen molar-refractivity contribution in [1.29, 1.82) is 0 Å². The Bertz CT molecular complexity index is 215. The Labute approximate surface area is 94.2 Å². The maximum atomic E-state index is 12.0. The van der Waals surface area contributed by atoms with Gasteiger partial charge in [0.05, 0.1) is 0 Å². The summed E-state index contributed by atoms with van der Waals surface area (Å²) in [6.07, 6.45) is 7.21. The van der Waals surface area contributed by atoms with Crippen molar-refractivity contribution in [3.05, 3.63) is 0 Å². The van der Waals surface area contributed by atoms with E-state index in [1.165, 1.54) is 25.7 Å². The lowest BCUT2D eigenvalue weighted by atomic mass is 10.1. The molecule has 1 aliphatic carbocycles. The van der Waals surface area contributed by atoms with Crippen LogP contribution in [0.1, 0.15) is 38.5 Å². The van der Waals surface area contributed by atoms with Crippen molar-refractivity contribution in [3.63, 3.8) is 0 Å². The van der Waals surface area contributed by atoms with E-state index in [4.69, 9.17) is 0 Å². The number of amides is 1. The smallest absolute Gasteiger partial charge is 0.225 e. The maximum absolute atomic E-state index is 12.0. The van der Waals surface area contributed by atoms with E-state index in [2.05, 4.69) is 20.8 Å². The molecule has 1 heterocycles. The Morgan fingerprint density at radius 1 is 1.21 bits per heavy atom. The summed E-state index contributed by atoms with van der Waals surface area (Å²) in [6.45, 7) is 0.992. The summed E-state index contributed by atoms with van der Waals surface area (Å²) in [5.41, 5.74) is 0. The quantitative estimate of drug-likeness (QED) is 0.699. The van der Waals surface area contributed by atoms with Crippen molar-refractivity contribution < 1.29 is 4.79 Å². The van der Waals surface area contributed by atoms with Gasteiger partial charge in [-0.15, -0.1) is 0 Å². The van der Waals surface area contributed by atoms with Gasteiger partial charge in [0.15, 0.2) is 0 Å². The van der Waals surface area contributed by atoms with Crippen molar-refractivity contribution in [2.24, 2.45) is 5.92 Å². The molecule has 1 atom stereocenters. The first-order valence-electron chi connectivity index (χ1n) is 5.69. The summed E-state index contributed by atoms with van der Waals surface area (Å²) in [7, 11) is 0. The lowest BCUT2D eigenvalue weighted by Crippen LogP contribution is -2.41. The molecule has 0 bridgehead atoms. The third-order valence-electron chi connectivity index (χ3n) is 3.26. The van der Waals surface area contributed by atoms with Gasteiger partial charge in [-0.3, -0.25) is 4.79 Å². The molecule has 80 valence electrons. The minimum absolute atomic E-state index is 0.384. The van der Waals surface area contributed by atoms with Crippen molar-refractivity contribution in [3.8, 4) is 0 Å². The fourth-order valence-corrected chi connectivity index (χ4v) is 2.87. The Morgan fingerprint density at radius 3 is 2.64 bits per heavy atom. The van der Waals surface area contributed by atoms with E-state index in [1.807, 2.05) is 0 Å². The molecule has 2 fully saturated rings.